The first-order valence-electron chi connectivity index (χ1n) is 2.81. The summed E-state index contributed by atoms with van der Waals surface area (Å²) in [7, 11) is 3.50. The third kappa shape index (κ3) is 2.36. The highest BCUT2D eigenvalue weighted by atomic mass is 32.1. The van der Waals surface area contributed by atoms with Crippen LogP contribution in [0.3, 0.4) is 0 Å². The second-order valence-corrected chi connectivity index (χ2v) is 2.65. The van der Waals surface area contributed by atoms with E-state index in [1.165, 1.54) is 0 Å². The van der Waals surface area contributed by atoms with Crippen LogP contribution >= 0.6 is 12.2 Å². The van der Waals surface area contributed by atoms with E-state index in [0.717, 1.165) is 0 Å². The Morgan fingerprint density at radius 1 is 1.70 bits per heavy atom. The predicted molar refractivity (Wildman–Crippen MR) is 42.7 cm³/mol. The maximum absolute atomic E-state index is 10.1. The second kappa shape index (κ2) is 3.58. The molecule has 5 heteroatoms. The molecule has 0 aromatic carbocycles. The molecule has 0 heterocycles. The maximum Gasteiger partial charge on any atom is 0.326 e. The van der Waals surface area contributed by atoms with E-state index in [1.807, 2.05) is 0 Å². The fourth-order valence-electron chi connectivity index (χ4n) is 0.373. The number of thiocarbonyl (C=S) groups is 1. The summed E-state index contributed by atoms with van der Waals surface area (Å²) in [6, 6.07) is -0.273. The van der Waals surface area contributed by atoms with Gasteiger partial charge in [-0.3, -0.25) is 15.0 Å². The predicted octanol–water partition coefficient (Wildman–Crippen LogP) is 0.541. The van der Waals surface area contributed by atoms with Crippen LogP contribution < -0.4 is 0 Å². The van der Waals surface area contributed by atoms with E-state index in [4.69, 9.17) is 0 Å². The summed E-state index contributed by atoms with van der Waals surface area (Å²) in [6.07, 6.45) is 0. The number of nitrogens with zero attached hydrogens (tertiary/aromatic N) is 2. The van der Waals surface area contributed by atoms with Crippen LogP contribution in [0.5, 0.6) is 0 Å². The molecule has 0 N–H and O–H groups in total. The van der Waals surface area contributed by atoms with Crippen LogP contribution in [-0.4, -0.2) is 34.9 Å². The van der Waals surface area contributed by atoms with Crippen molar-refractivity contribution in [3.8, 4) is 0 Å². The zero-order valence-corrected chi connectivity index (χ0v) is 7.01. The Bertz CT molecular complexity index is 158. The van der Waals surface area contributed by atoms with Crippen molar-refractivity contribution >= 4 is 17.2 Å². The third-order valence-electron chi connectivity index (χ3n) is 1.31. The van der Waals surface area contributed by atoms with Crippen LogP contribution in [-0.2, 0) is 0 Å². The molecule has 0 aromatic rings. The van der Waals surface area contributed by atoms with E-state index in [2.05, 4.69) is 12.2 Å². The van der Waals surface area contributed by atoms with Crippen molar-refractivity contribution in [3.63, 3.8) is 0 Å². The van der Waals surface area contributed by atoms with Gasteiger partial charge in [0.1, 0.15) is 6.04 Å². The molecule has 0 bridgehead atoms. The summed E-state index contributed by atoms with van der Waals surface area (Å²) >= 11 is 4.54. The molecule has 0 amide bonds. The van der Waals surface area contributed by atoms with Crippen molar-refractivity contribution in [1.82, 2.24) is 4.90 Å². The molecule has 0 aromatic heterocycles. The Morgan fingerprint density at radius 2 is 2.10 bits per heavy atom. The minimum atomic E-state index is -0.528. The van der Waals surface area contributed by atoms with Gasteiger partial charge in [0.2, 0.25) is 0 Å². The van der Waals surface area contributed by atoms with Crippen molar-refractivity contribution in [2.24, 2.45) is 0 Å². The molecule has 10 heavy (non-hydrogen) atoms. The molecular formula is C5H10N2O2S. The Morgan fingerprint density at radius 3 is 2.20 bits per heavy atom. The molecular weight excluding hydrogens is 152 g/mol. The van der Waals surface area contributed by atoms with Gasteiger partial charge in [-0.25, -0.2) is 0 Å². The topological polar surface area (TPSA) is 46.4 Å². The van der Waals surface area contributed by atoms with Crippen LogP contribution in [0.25, 0.3) is 0 Å². The summed E-state index contributed by atoms with van der Waals surface area (Å²) in [5.41, 5.74) is 0. The van der Waals surface area contributed by atoms with E-state index in [1.54, 1.807) is 25.9 Å². The summed E-state index contributed by atoms with van der Waals surface area (Å²) in [4.78, 5) is 11.1. The van der Waals surface area contributed by atoms with Crippen LogP contribution in [0.1, 0.15) is 6.92 Å². The first-order valence-corrected chi connectivity index (χ1v) is 3.22. The van der Waals surface area contributed by atoms with E-state index in [0.29, 0.717) is 0 Å². The lowest BCUT2D eigenvalue weighted by molar-refractivity contribution is -0.350. The van der Waals surface area contributed by atoms with Crippen molar-refractivity contribution in [2.45, 2.75) is 13.0 Å². The van der Waals surface area contributed by atoms with Crippen LogP contribution in [0.4, 0.5) is 0 Å². The number of rotatable bonds is 2. The van der Waals surface area contributed by atoms with Crippen LogP contribution in [0.15, 0.2) is 0 Å². The molecule has 1 unspecified atom stereocenters. The lowest BCUT2D eigenvalue weighted by atomic mass is 10.3. The normalized spacial score (nSPS) is 13.2. The zero-order chi connectivity index (χ0) is 8.31. The van der Waals surface area contributed by atoms with Gasteiger partial charge >= 0.3 is 4.99 Å². The van der Waals surface area contributed by atoms with E-state index >= 15 is 0 Å². The van der Waals surface area contributed by atoms with E-state index in [-0.39, 0.29) is 11.0 Å². The number of hydrogen-bond donors (Lipinski definition) is 0. The summed E-state index contributed by atoms with van der Waals surface area (Å²) in [6.45, 7) is 1.70. The zero-order valence-electron chi connectivity index (χ0n) is 6.20. The van der Waals surface area contributed by atoms with Gasteiger partial charge in [0.25, 0.3) is 0 Å². The molecule has 0 aliphatic rings. The quantitative estimate of drug-likeness (QED) is 0.338. The Hall–Kier alpha value is -0.550. The first-order chi connectivity index (χ1) is 4.46. The SMILES string of the molecule is CC(C(=S)[N+](=O)[O-])N(C)C. The molecule has 58 valence electrons. The average Bonchev–Trinajstić information content (AvgIpc) is 1.84. The largest absolute Gasteiger partial charge is 0.326 e. The summed E-state index contributed by atoms with van der Waals surface area (Å²) in [5.74, 6) is 0. The molecule has 0 saturated carbocycles. The van der Waals surface area contributed by atoms with Crippen molar-refractivity contribution in [1.29, 1.82) is 0 Å². The van der Waals surface area contributed by atoms with E-state index in [9.17, 15) is 10.1 Å². The maximum atomic E-state index is 10.1. The van der Waals surface area contributed by atoms with Crippen molar-refractivity contribution in [2.75, 3.05) is 14.1 Å². The smallest absolute Gasteiger partial charge is 0.296 e. The van der Waals surface area contributed by atoms with Gasteiger partial charge in [-0.2, -0.15) is 0 Å². The standard InChI is InChI=1S/C5H10N2O2S/c1-4(6(2)3)5(10)7(8)9/h4H,1-3H3. The molecule has 4 nitrogen and oxygen atoms in total. The minimum absolute atomic E-state index is 0.134. The van der Waals surface area contributed by atoms with Gasteiger partial charge in [0.15, 0.2) is 0 Å². The molecule has 0 saturated heterocycles. The van der Waals surface area contributed by atoms with Crippen molar-refractivity contribution in [3.05, 3.63) is 10.1 Å². The highest BCUT2D eigenvalue weighted by molar-refractivity contribution is 7.80. The van der Waals surface area contributed by atoms with Crippen molar-refractivity contribution < 1.29 is 4.92 Å². The monoisotopic (exact) mass is 162 g/mol. The number of likely N-dealkylation sites (N-methyl/N-ethyl adjacent to an activating group) is 1. The minimum Gasteiger partial charge on any atom is -0.296 e. The van der Waals surface area contributed by atoms with E-state index < -0.39 is 4.92 Å². The molecule has 1 atom stereocenters. The number of hydrogen-bond acceptors (Lipinski definition) is 4. The molecule has 0 spiro atoms. The molecule has 0 rings (SSSR count). The van der Waals surface area contributed by atoms with Gasteiger partial charge in [-0.15, -0.1) is 0 Å². The molecule has 0 fully saturated rings. The average molecular weight is 162 g/mol. The lowest BCUT2D eigenvalue weighted by Crippen LogP contribution is -2.35. The lowest BCUT2D eigenvalue weighted by Gasteiger charge is -2.14. The van der Waals surface area contributed by atoms with Crippen LogP contribution in [0.2, 0.25) is 0 Å². The third-order valence-corrected chi connectivity index (χ3v) is 1.80. The summed E-state index contributed by atoms with van der Waals surface area (Å²) < 4.78 is 0. The molecule has 0 aliphatic carbocycles. The second-order valence-electron chi connectivity index (χ2n) is 2.23. The summed E-state index contributed by atoms with van der Waals surface area (Å²) in [5, 5.41) is 10.1. The van der Waals surface area contributed by atoms with Gasteiger partial charge in [-0.1, -0.05) is 0 Å². The van der Waals surface area contributed by atoms with Crippen LogP contribution in [0, 0.1) is 10.1 Å². The van der Waals surface area contributed by atoms with Gasteiger partial charge in [0.05, 0.1) is 4.92 Å². The Kier molecular flexibility index (Phi) is 3.38. The Labute approximate surface area is 65.0 Å². The Balaban J connectivity index is 4.08. The fourth-order valence-corrected chi connectivity index (χ4v) is 0.584. The fraction of sp³-hybridized carbons (Fsp3) is 0.800. The highest BCUT2D eigenvalue weighted by Crippen LogP contribution is 1.95. The first kappa shape index (κ1) is 9.45. The molecule has 0 aliphatic heterocycles. The van der Waals surface area contributed by atoms with Gasteiger partial charge in [0, 0.05) is 0 Å². The number of nitro groups is 1. The highest BCUT2D eigenvalue weighted by Gasteiger charge is 2.20. The van der Waals surface area contributed by atoms with Gasteiger partial charge in [-0.05, 0) is 33.2 Å². The molecule has 0 radical (unpaired) electrons. The van der Waals surface area contributed by atoms with Gasteiger partial charge < -0.3 is 0 Å².